The molecular weight excluding hydrogens is 497 g/mol. The van der Waals surface area contributed by atoms with Crippen LogP contribution < -0.4 is 15.4 Å². The van der Waals surface area contributed by atoms with Crippen molar-refractivity contribution in [3.8, 4) is 34.1 Å². The number of benzene rings is 2. The average molecular weight is 522 g/mol. The van der Waals surface area contributed by atoms with Crippen molar-refractivity contribution >= 4 is 28.4 Å². The summed E-state index contributed by atoms with van der Waals surface area (Å²) in [7, 11) is 1.92. The number of nitrogens with zero attached hydrogens (tertiary/aromatic N) is 5. The fraction of sp³-hybridized carbons (Fsp3) is 0.138. The molecule has 0 fully saturated rings. The van der Waals surface area contributed by atoms with E-state index in [0.29, 0.717) is 35.7 Å². The van der Waals surface area contributed by atoms with Crippen LogP contribution >= 0.6 is 0 Å². The Bertz CT molecular complexity index is 1760. The Kier molecular flexibility index (Phi) is 5.99. The molecule has 0 bridgehead atoms. The molecule has 0 saturated heterocycles. The Morgan fingerprint density at radius 2 is 1.97 bits per heavy atom. The molecular formula is C29H24FN7O2. The summed E-state index contributed by atoms with van der Waals surface area (Å²) in [5.41, 5.74) is 5.83. The number of aryl methyl sites for hydroxylation is 2. The van der Waals surface area contributed by atoms with Crippen molar-refractivity contribution in [2.45, 2.75) is 13.3 Å². The van der Waals surface area contributed by atoms with Gasteiger partial charge in [0.1, 0.15) is 17.8 Å². The second-order valence-corrected chi connectivity index (χ2v) is 9.14. The predicted octanol–water partition coefficient (Wildman–Crippen LogP) is 5.42. The van der Waals surface area contributed by atoms with Crippen LogP contribution in [0.2, 0.25) is 0 Å². The quantitative estimate of drug-likeness (QED) is 0.297. The monoisotopic (exact) mass is 521 g/mol. The minimum Gasteiger partial charge on any atom is -0.421 e. The summed E-state index contributed by atoms with van der Waals surface area (Å²) in [6.07, 6.45) is 4.72. The highest BCUT2D eigenvalue weighted by atomic mass is 19.1. The molecule has 9 nitrogen and oxygen atoms in total. The molecule has 0 aliphatic carbocycles. The van der Waals surface area contributed by atoms with Gasteiger partial charge in [-0.3, -0.25) is 4.79 Å². The number of amides is 1. The van der Waals surface area contributed by atoms with Gasteiger partial charge >= 0.3 is 6.01 Å². The highest BCUT2D eigenvalue weighted by molar-refractivity contribution is 6.09. The summed E-state index contributed by atoms with van der Waals surface area (Å²) in [6, 6.07) is 12.7. The Balaban J connectivity index is 1.54. The Morgan fingerprint density at radius 3 is 2.74 bits per heavy atom. The molecule has 6 rings (SSSR count). The van der Waals surface area contributed by atoms with E-state index >= 15 is 4.39 Å². The fourth-order valence-electron chi connectivity index (χ4n) is 4.93. The first kappa shape index (κ1) is 24.2. The Hall–Kier alpha value is -5.12. The second-order valence-electron chi connectivity index (χ2n) is 9.14. The van der Waals surface area contributed by atoms with Gasteiger partial charge in [-0.15, -0.1) is 0 Å². The molecule has 3 aromatic heterocycles. The van der Waals surface area contributed by atoms with Gasteiger partial charge in [0.25, 0.3) is 0 Å². The van der Waals surface area contributed by atoms with E-state index in [-0.39, 0.29) is 17.7 Å². The van der Waals surface area contributed by atoms with Crippen molar-refractivity contribution in [3.05, 3.63) is 84.7 Å². The molecule has 2 aromatic carbocycles. The molecule has 2 N–H and O–H groups in total. The fourth-order valence-corrected chi connectivity index (χ4v) is 4.93. The van der Waals surface area contributed by atoms with Crippen LogP contribution in [0.3, 0.4) is 0 Å². The van der Waals surface area contributed by atoms with Gasteiger partial charge in [0.15, 0.2) is 11.6 Å². The van der Waals surface area contributed by atoms with Crippen molar-refractivity contribution in [1.29, 1.82) is 0 Å². The third-order valence-corrected chi connectivity index (χ3v) is 6.70. The number of anilines is 2. The van der Waals surface area contributed by atoms with Crippen LogP contribution in [0, 0.1) is 12.7 Å². The van der Waals surface area contributed by atoms with E-state index in [0.717, 1.165) is 33.5 Å². The SMILES string of the molecule is C=CC(=O)Nc1ccc(-c2c3c4c(ncnc4n2C)NCCc2c-3ccc(Oc3nccc(C)n3)c2F)cc1. The molecule has 1 aliphatic heterocycles. The molecule has 4 heterocycles. The van der Waals surface area contributed by atoms with Crippen molar-refractivity contribution in [2.75, 3.05) is 17.2 Å². The molecule has 39 heavy (non-hydrogen) atoms. The molecule has 194 valence electrons. The van der Waals surface area contributed by atoms with Gasteiger partial charge in [0, 0.05) is 42.3 Å². The third-order valence-electron chi connectivity index (χ3n) is 6.70. The van der Waals surface area contributed by atoms with Crippen LogP contribution in [-0.2, 0) is 18.3 Å². The summed E-state index contributed by atoms with van der Waals surface area (Å²) in [5, 5.41) is 6.91. The number of hydrogen-bond acceptors (Lipinski definition) is 7. The lowest BCUT2D eigenvalue weighted by atomic mass is 9.91. The predicted molar refractivity (Wildman–Crippen MR) is 147 cm³/mol. The van der Waals surface area contributed by atoms with E-state index in [1.54, 1.807) is 18.3 Å². The molecule has 1 aliphatic rings. The molecule has 0 saturated carbocycles. The summed E-state index contributed by atoms with van der Waals surface area (Å²) in [5.74, 6) is -0.0171. The number of halogens is 1. The topological polar surface area (TPSA) is 107 Å². The lowest BCUT2D eigenvalue weighted by Crippen LogP contribution is -2.12. The van der Waals surface area contributed by atoms with Crippen LogP contribution in [-0.4, -0.2) is 37.0 Å². The molecule has 5 aromatic rings. The number of fused-ring (bicyclic) bond motifs is 2. The van der Waals surface area contributed by atoms with Gasteiger partial charge < -0.3 is 19.9 Å². The van der Waals surface area contributed by atoms with E-state index in [4.69, 9.17) is 4.74 Å². The zero-order chi connectivity index (χ0) is 27.1. The minimum atomic E-state index is -0.467. The number of carbonyl (C=O) groups excluding carboxylic acids is 1. The maximum atomic E-state index is 16.1. The first-order valence-electron chi connectivity index (χ1n) is 12.3. The summed E-state index contributed by atoms with van der Waals surface area (Å²) in [4.78, 5) is 29.1. The van der Waals surface area contributed by atoms with Crippen molar-refractivity contribution in [1.82, 2.24) is 24.5 Å². The normalized spacial score (nSPS) is 12.2. The van der Waals surface area contributed by atoms with Crippen LogP contribution in [0.5, 0.6) is 11.8 Å². The third kappa shape index (κ3) is 4.25. The van der Waals surface area contributed by atoms with Gasteiger partial charge in [-0.1, -0.05) is 24.8 Å². The van der Waals surface area contributed by atoms with Crippen molar-refractivity contribution in [2.24, 2.45) is 7.05 Å². The van der Waals surface area contributed by atoms with Gasteiger partial charge in [-0.05, 0) is 54.8 Å². The molecule has 0 atom stereocenters. The van der Waals surface area contributed by atoms with Crippen LogP contribution in [0.15, 0.2) is 67.6 Å². The largest absolute Gasteiger partial charge is 0.421 e. The summed E-state index contributed by atoms with van der Waals surface area (Å²) in [6.45, 7) is 5.78. The smallest absolute Gasteiger partial charge is 0.322 e. The van der Waals surface area contributed by atoms with Crippen LogP contribution in [0.25, 0.3) is 33.4 Å². The number of hydrogen-bond donors (Lipinski definition) is 2. The van der Waals surface area contributed by atoms with Gasteiger partial charge in [0.05, 0.1) is 11.1 Å². The van der Waals surface area contributed by atoms with E-state index in [9.17, 15) is 4.79 Å². The van der Waals surface area contributed by atoms with E-state index in [2.05, 4.69) is 37.1 Å². The van der Waals surface area contributed by atoms with E-state index < -0.39 is 5.82 Å². The summed E-state index contributed by atoms with van der Waals surface area (Å²) < 4.78 is 23.8. The molecule has 0 radical (unpaired) electrons. The molecule has 0 spiro atoms. The van der Waals surface area contributed by atoms with Crippen LogP contribution in [0.4, 0.5) is 15.9 Å². The molecule has 10 heteroatoms. The van der Waals surface area contributed by atoms with Gasteiger partial charge in [0.2, 0.25) is 5.91 Å². The van der Waals surface area contributed by atoms with Gasteiger partial charge in [-0.25, -0.2) is 24.3 Å². The molecule has 0 unspecified atom stereocenters. The number of ether oxygens (including phenoxy) is 1. The van der Waals surface area contributed by atoms with E-state index in [1.807, 2.05) is 48.9 Å². The first-order valence-corrected chi connectivity index (χ1v) is 12.3. The van der Waals surface area contributed by atoms with Crippen LogP contribution in [0.1, 0.15) is 11.3 Å². The van der Waals surface area contributed by atoms with Crippen molar-refractivity contribution < 1.29 is 13.9 Å². The molecule has 1 amide bonds. The number of nitrogens with one attached hydrogen (secondary N) is 2. The average Bonchev–Trinajstić information content (AvgIpc) is 3.22. The van der Waals surface area contributed by atoms with Gasteiger partial charge in [-0.2, -0.15) is 0 Å². The maximum Gasteiger partial charge on any atom is 0.322 e. The lowest BCUT2D eigenvalue weighted by Gasteiger charge is -2.19. The highest BCUT2D eigenvalue weighted by Gasteiger charge is 2.28. The van der Waals surface area contributed by atoms with E-state index in [1.165, 1.54) is 12.4 Å². The zero-order valence-corrected chi connectivity index (χ0v) is 21.3. The number of rotatable bonds is 5. The first-order chi connectivity index (χ1) is 18.9. The highest BCUT2D eigenvalue weighted by Crippen LogP contribution is 2.46. The Labute approximate surface area is 223 Å². The second kappa shape index (κ2) is 9.64. The zero-order valence-electron chi connectivity index (χ0n) is 21.3. The number of aromatic nitrogens is 5. The maximum absolute atomic E-state index is 16.1. The number of carbonyl (C=O) groups is 1. The lowest BCUT2D eigenvalue weighted by molar-refractivity contribution is -0.111. The summed E-state index contributed by atoms with van der Waals surface area (Å²) >= 11 is 0. The standard InChI is InChI=1S/C29H24FN7O2/c1-4-22(38)36-18-7-5-17(6-8-18)26-23-19-9-10-21(39-29-32-13-11-16(2)35-29)25(30)20(19)12-14-31-27-24(23)28(37(26)3)34-15-33-27/h4-11,13,15H,1,12,14H2,2-3H3,(H,36,38)(H,31,33,34). The van der Waals surface area contributed by atoms with Crippen molar-refractivity contribution in [3.63, 3.8) is 0 Å². The Morgan fingerprint density at radius 1 is 1.15 bits per heavy atom. The minimum absolute atomic E-state index is 0.0560.